The molecule has 1 aromatic carbocycles. The number of anilines is 2. The van der Waals surface area contributed by atoms with Crippen LogP contribution in [0.15, 0.2) is 24.3 Å². The molecule has 1 heterocycles. The van der Waals surface area contributed by atoms with Crippen molar-refractivity contribution in [1.29, 1.82) is 0 Å². The van der Waals surface area contributed by atoms with Crippen molar-refractivity contribution in [3.63, 3.8) is 0 Å². The Balaban J connectivity index is 1.66. The molecule has 1 amide bonds. The van der Waals surface area contributed by atoms with Crippen LogP contribution < -0.4 is 9.62 Å². The first kappa shape index (κ1) is 16.3. The molecular weight excluding hydrogens is 312 g/mol. The maximum Gasteiger partial charge on any atom is 0.235 e. The van der Waals surface area contributed by atoms with Gasteiger partial charge in [0.2, 0.25) is 15.9 Å². The minimum absolute atomic E-state index is 0.0862. The zero-order valence-electron chi connectivity index (χ0n) is 13.3. The molecule has 6 heteroatoms. The number of carbonyl (C=O) groups excluding carboxylic acids is 1. The van der Waals surface area contributed by atoms with E-state index in [2.05, 4.69) is 5.32 Å². The van der Waals surface area contributed by atoms with E-state index in [1.54, 1.807) is 24.3 Å². The van der Waals surface area contributed by atoms with Gasteiger partial charge in [0.25, 0.3) is 0 Å². The number of nitrogens with zero attached hydrogens (tertiary/aromatic N) is 1. The fourth-order valence-electron chi connectivity index (χ4n) is 3.40. The van der Waals surface area contributed by atoms with Crippen LogP contribution >= 0.6 is 0 Å². The average Bonchev–Trinajstić information content (AvgIpc) is 2.56. The highest BCUT2D eigenvalue weighted by Gasteiger charge is 2.26. The van der Waals surface area contributed by atoms with E-state index in [1.165, 1.54) is 10.7 Å². The SMILES string of the molecule is O=C(Nc1ccc(N2CCCCS2(=O)=O)cc1)C1CCCCC1. The molecule has 1 aromatic rings. The number of carbonyl (C=O) groups is 1. The molecule has 1 saturated carbocycles. The topological polar surface area (TPSA) is 66.5 Å². The molecule has 23 heavy (non-hydrogen) atoms. The van der Waals surface area contributed by atoms with Crippen molar-refractivity contribution in [2.75, 3.05) is 21.9 Å². The summed E-state index contributed by atoms with van der Waals surface area (Å²) in [6.07, 6.45) is 7.04. The van der Waals surface area contributed by atoms with Crippen LogP contribution in [0.3, 0.4) is 0 Å². The molecule has 1 saturated heterocycles. The molecule has 5 nitrogen and oxygen atoms in total. The van der Waals surface area contributed by atoms with Gasteiger partial charge in [0, 0.05) is 18.2 Å². The van der Waals surface area contributed by atoms with Crippen LogP contribution in [0.2, 0.25) is 0 Å². The summed E-state index contributed by atoms with van der Waals surface area (Å²) in [5.74, 6) is 0.418. The summed E-state index contributed by atoms with van der Waals surface area (Å²) in [6.45, 7) is 0.538. The Kier molecular flexibility index (Phi) is 4.90. The van der Waals surface area contributed by atoms with Crippen LogP contribution in [0.5, 0.6) is 0 Å². The number of amides is 1. The second-order valence-corrected chi connectivity index (χ2v) is 8.48. The molecule has 0 bridgehead atoms. The zero-order valence-corrected chi connectivity index (χ0v) is 14.1. The first-order valence-electron chi connectivity index (χ1n) is 8.48. The van der Waals surface area contributed by atoms with Gasteiger partial charge in [-0.25, -0.2) is 8.42 Å². The van der Waals surface area contributed by atoms with E-state index in [0.717, 1.165) is 44.2 Å². The summed E-state index contributed by atoms with van der Waals surface area (Å²) >= 11 is 0. The van der Waals surface area contributed by atoms with Crippen LogP contribution in [0, 0.1) is 5.92 Å². The lowest BCUT2D eigenvalue weighted by Gasteiger charge is -2.28. The van der Waals surface area contributed by atoms with Crippen LogP contribution in [0.25, 0.3) is 0 Å². The van der Waals surface area contributed by atoms with Gasteiger partial charge in [-0.2, -0.15) is 0 Å². The summed E-state index contributed by atoms with van der Waals surface area (Å²) < 4.78 is 25.7. The Morgan fingerprint density at radius 1 is 1.00 bits per heavy atom. The Bertz CT molecular complexity index is 649. The fourth-order valence-corrected chi connectivity index (χ4v) is 5.04. The summed E-state index contributed by atoms with van der Waals surface area (Å²) in [7, 11) is -3.18. The fraction of sp³-hybridized carbons (Fsp3) is 0.588. The van der Waals surface area contributed by atoms with Gasteiger partial charge in [0.1, 0.15) is 0 Å². The molecule has 126 valence electrons. The standard InChI is InChI=1S/C17H24N2O3S/c20-17(14-6-2-1-3-7-14)18-15-8-10-16(11-9-15)19-12-4-5-13-23(19,21)22/h8-11,14H,1-7,12-13H2,(H,18,20). The Labute approximate surface area is 138 Å². The number of hydrogen-bond acceptors (Lipinski definition) is 3. The third kappa shape index (κ3) is 3.86. The monoisotopic (exact) mass is 336 g/mol. The molecule has 0 aromatic heterocycles. The van der Waals surface area contributed by atoms with E-state index < -0.39 is 10.0 Å². The maximum atomic E-state index is 12.2. The van der Waals surface area contributed by atoms with Crippen molar-refractivity contribution in [3.8, 4) is 0 Å². The quantitative estimate of drug-likeness (QED) is 0.922. The van der Waals surface area contributed by atoms with Gasteiger partial charge < -0.3 is 5.32 Å². The van der Waals surface area contributed by atoms with Crippen LogP contribution in [-0.2, 0) is 14.8 Å². The molecule has 1 N–H and O–H groups in total. The molecule has 2 fully saturated rings. The van der Waals surface area contributed by atoms with Gasteiger partial charge in [-0.05, 0) is 49.9 Å². The number of benzene rings is 1. The predicted octanol–water partition coefficient (Wildman–Crippen LogP) is 3.14. The van der Waals surface area contributed by atoms with Crippen molar-refractivity contribution in [2.45, 2.75) is 44.9 Å². The second-order valence-electron chi connectivity index (χ2n) is 6.47. The largest absolute Gasteiger partial charge is 0.326 e. The Hall–Kier alpha value is -1.56. The molecule has 0 spiro atoms. The third-order valence-electron chi connectivity index (χ3n) is 4.75. The van der Waals surface area contributed by atoms with Crippen molar-refractivity contribution >= 4 is 27.3 Å². The third-order valence-corrected chi connectivity index (χ3v) is 6.62. The lowest BCUT2D eigenvalue weighted by atomic mass is 9.88. The molecule has 0 atom stereocenters. The van der Waals surface area contributed by atoms with Gasteiger partial charge in [-0.15, -0.1) is 0 Å². The number of hydrogen-bond donors (Lipinski definition) is 1. The summed E-state index contributed by atoms with van der Waals surface area (Å²) in [4.78, 5) is 12.2. The zero-order chi connectivity index (χ0) is 16.3. The van der Waals surface area contributed by atoms with Crippen LogP contribution in [-0.4, -0.2) is 26.6 Å². The molecule has 3 rings (SSSR count). The summed E-state index contributed by atoms with van der Waals surface area (Å²) in [5, 5.41) is 2.96. The molecule has 1 aliphatic carbocycles. The van der Waals surface area contributed by atoms with Gasteiger partial charge in [0.05, 0.1) is 11.4 Å². The smallest absolute Gasteiger partial charge is 0.235 e. The first-order valence-corrected chi connectivity index (χ1v) is 10.1. The van der Waals surface area contributed by atoms with E-state index in [9.17, 15) is 13.2 Å². The van der Waals surface area contributed by atoms with Gasteiger partial charge in [-0.1, -0.05) is 19.3 Å². The highest BCUT2D eigenvalue weighted by Crippen LogP contribution is 2.27. The normalized spacial score (nSPS) is 21.8. The summed E-state index contributed by atoms with van der Waals surface area (Å²) in [6, 6.07) is 7.14. The van der Waals surface area contributed by atoms with Crippen LogP contribution in [0.4, 0.5) is 11.4 Å². The minimum Gasteiger partial charge on any atom is -0.326 e. The van der Waals surface area contributed by atoms with Crippen molar-refractivity contribution in [1.82, 2.24) is 0 Å². The summed E-state index contributed by atoms with van der Waals surface area (Å²) in [5.41, 5.74) is 1.42. The number of sulfonamides is 1. The first-order chi connectivity index (χ1) is 11.1. The maximum absolute atomic E-state index is 12.2. The van der Waals surface area contributed by atoms with Crippen molar-refractivity contribution in [2.24, 2.45) is 5.92 Å². The van der Waals surface area contributed by atoms with E-state index in [4.69, 9.17) is 0 Å². The van der Waals surface area contributed by atoms with Crippen molar-refractivity contribution in [3.05, 3.63) is 24.3 Å². The molecule has 2 aliphatic rings. The molecule has 0 radical (unpaired) electrons. The number of rotatable bonds is 3. The Morgan fingerprint density at radius 2 is 1.70 bits per heavy atom. The predicted molar refractivity (Wildman–Crippen MR) is 92.0 cm³/mol. The van der Waals surface area contributed by atoms with E-state index in [1.807, 2.05) is 0 Å². The highest BCUT2D eigenvalue weighted by atomic mass is 32.2. The molecular formula is C17H24N2O3S. The molecule has 1 aliphatic heterocycles. The van der Waals surface area contributed by atoms with Crippen molar-refractivity contribution < 1.29 is 13.2 Å². The van der Waals surface area contributed by atoms with E-state index in [0.29, 0.717) is 12.2 Å². The average molecular weight is 336 g/mol. The minimum atomic E-state index is -3.18. The lowest BCUT2D eigenvalue weighted by Crippen LogP contribution is -2.37. The second kappa shape index (κ2) is 6.91. The van der Waals surface area contributed by atoms with Crippen LogP contribution in [0.1, 0.15) is 44.9 Å². The van der Waals surface area contributed by atoms with E-state index >= 15 is 0 Å². The Morgan fingerprint density at radius 3 is 2.35 bits per heavy atom. The number of nitrogens with one attached hydrogen (secondary N) is 1. The van der Waals surface area contributed by atoms with Gasteiger partial charge in [-0.3, -0.25) is 9.10 Å². The van der Waals surface area contributed by atoms with E-state index in [-0.39, 0.29) is 17.6 Å². The van der Waals surface area contributed by atoms with Gasteiger partial charge >= 0.3 is 0 Å². The van der Waals surface area contributed by atoms with Gasteiger partial charge in [0.15, 0.2) is 0 Å². The molecule has 0 unspecified atom stereocenters. The lowest BCUT2D eigenvalue weighted by molar-refractivity contribution is -0.120. The highest BCUT2D eigenvalue weighted by molar-refractivity contribution is 7.92.